The third-order valence-corrected chi connectivity index (χ3v) is 4.77. The lowest BCUT2D eigenvalue weighted by molar-refractivity contribution is -0.139. The first-order valence-electron chi connectivity index (χ1n) is 8.36. The van der Waals surface area contributed by atoms with E-state index in [4.69, 9.17) is 4.74 Å². The van der Waals surface area contributed by atoms with Crippen LogP contribution in [0, 0.1) is 6.92 Å². The van der Waals surface area contributed by atoms with Crippen LogP contribution in [0.2, 0.25) is 0 Å². The van der Waals surface area contributed by atoms with Crippen LogP contribution in [-0.4, -0.2) is 37.6 Å². The smallest absolute Gasteiger partial charge is 0.310 e. The molecule has 1 aromatic carbocycles. The van der Waals surface area contributed by atoms with Crippen LogP contribution in [0.25, 0.3) is 22.1 Å². The van der Waals surface area contributed by atoms with Crippen LogP contribution in [0.1, 0.15) is 16.8 Å². The number of nitrogens with zero attached hydrogens (tertiary/aromatic N) is 5. The molecule has 0 atom stereocenters. The molecule has 0 aliphatic carbocycles. The van der Waals surface area contributed by atoms with Crippen molar-refractivity contribution in [3.8, 4) is 0 Å². The van der Waals surface area contributed by atoms with E-state index in [9.17, 15) is 4.79 Å². The predicted octanol–water partition coefficient (Wildman–Crippen LogP) is 2.39. The van der Waals surface area contributed by atoms with Crippen molar-refractivity contribution in [2.24, 2.45) is 7.05 Å². The van der Waals surface area contributed by atoms with E-state index in [2.05, 4.69) is 25.9 Å². The Morgan fingerprint density at radius 3 is 2.92 bits per heavy atom. The zero-order valence-electron chi connectivity index (χ0n) is 14.9. The summed E-state index contributed by atoms with van der Waals surface area (Å²) in [5, 5.41) is 9.16. The fourth-order valence-electron chi connectivity index (χ4n) is 3.35. The van der Waals surface area contributed by atoms with Gasteiger partial charge in [0, 0.05) is 30.9 Å². The van der Waals surface area contributed by atoms with Crippen LogP contribution < -0.4 is 0 Å². The minimum absolute atomic E-state index is 0.238. The standard InChI is InChI=1S/C19H19N5O2/c1-12-15(10-18(25)26-3)14-5-4-8-20-19(14)24(12)11-13-6-7-16-17(9-13)23(2)22-21-16/h4-9H,10-11H2,1-3H3. The van der Waals surface area contributed by atoms with Crippen LogP contribution in [0.3, 0.4) is 0 Å². The number of esters is 1. The van der Waals surface area contributed by atoms with Gasteiger partial charge in [-0.15, -0.1) is 5.10 Å². The summed E-state index contributed by atoms with van der Waals surface area (Å²) in [5.41, 5.74) is 5.83. The number of methoxy groups -OCH3 is 1. The van der Waals surface area contributed by atoms with Crippen molar-refractivity contribution in [1.82, 2.24) is 24.5 Å². The van der Waals surface area contributed by atoms with Crippen LogP contribution in [-0.2, 0) is 29.5 Å². The molecule has 3 aromatic heterocycles. The largest absolute Gasteiger partial charge is 0.469 e. The maximum absolute atomic E-state index is 11.8. The summed E-state index contributed by atoms with van der Waals surface area (Å²) < 4.78 is 8.75. The van der Waals surface area contributed by atoms with Crippen molar-refractivity contribution in [3.05, 3.63) is 53.3 Å². The summed E-state index contributed by atoms with van der Waals surface area (Å²) >= 11 is 0. The number of pyridine rings is 1. The monoisotopic (exact) mass is 349 g/mol. The van der Waals surface area contributed by atoms with E-state index in [0.717, 1.165) is 38.9 Å². The number of hydrogen-bond acceptors (Lipinski definition) is 5. The number of fused-ring (bicyclic) bond motifs is 2. The van der Waals surface area contributed by atoms with E-state index in [-0.39, 0.29) is 12.4 Å². The Morgan fingerprint density at radius 2 is 2.12 bits per heavy atom. The summed E-state index contributed by atoms with van der Waals surface area (Å²) in [6, 6.07) is 9.99. The van der Waals surface area contributed by atoms with Gasteiger partial charge in [-0.25, -0.2) is 9.67 Å². The molecular formula is C19H19N5O2. The normalized spacial score (nSPS) is 11.3. The van der Waals surface area contributed by atoms with Gasteiger partial charge >= 0.3 is 5.97 Å². The number of ether oxygens (including phenoxy) is 1. The molecule has 0 radical (unpaired) electrons. The molecule has 0 fully saturated rings. The minimum Gasteiger partial charge on any atom is -0.469 e. The third kappa shape index (κ3) is 2.61. The van der Waals surface area contributed by atoms with Crippen molar-refractivity contribution >= 4 is 28.0 Å². The molecule has 0 unspecified atom stereocenters. The highest BCUT2D eigenvalue weighted by atomic mass is 16.5. The molecule has 0 N–H and O–H groups in total. The minimum atomic E-state index is -0.251. The lowest BCUT2D eigenvalue weighted by Gasteiger charge is -2.09. The van der Waals surface area contributed by atoms with Gasteiger partial charge in [0.1, 0.15) is 11.2 Å². The highest BCUT2D eigenvalue weighted by Gasteiger charge is 2.18. The second-order valence-electron chi connectivity index (χ2n) is 6.31. The molecule has 132 valence electrons. The molecule has 0 amide bonds. The lowest BCUT2D eigenvalue weighted by atomic mass is 10.1. The van der Waals surface area contributed by atoms with E-state index in [1.807, 2.05) is 38.2 Å². The predicted molar refractivity (Wildman–Crippen MR) is 97.8 cm³/mol. The number of carbonyl (C=O) groups excluding carboxylic acids is 1. The van der Waals surface area contributed by atoms with E-state index >= 15 is 0 Å². The van der Waals surface area contributed by atoms with Gasteiger partial charge in [0.25, 0.3) is 0 Å². The van der Waals surface area contributed by atoms with Crippen LogP contribution >= 0.6 is 0 Å². The Bertz CT molecular complexity index is 1130. The summed E-state index contributed by atoms with van der Waals surface area (Å²) in [7, 11) is 3.29. The van der Waals surface area contributed by atoms with Crippen molar-refractivity contribution in [2.75, 3.05) is 7.11 Å². The highest BCUT2D eigenvalue weighted by Crippen LogP contribution is 2.26. The fourth-order valence-corrected chi connectivity index (χ4v) is 3.35. The maximum atomic E-state index is 11.8. The zero-order valence-corrected chi connectivity index (χ0v) is 14.9. The topological polar surface area (TPSA) is 74.8 Å². The Labute approximate surface area is 150 Å². The lowest BCUT2D eigenvalue weighted by Crippen LogP contribution is -2.07. The number of aryl methyl sites for hydroxylation is 1. The molecule has 4 rings (SSSR count). The molecule has 3 heterocycles. The van der Waals surface area contributed by atoms with Crippen LogP contribution in [0.5, 0.6) is 0 Å². The van der Waals surface area contributed by atoms with E-state index in [0.29, 0.717) is 6.54 Å². The zero-order chi connectivity index (χ0) is 18.3. The van der Waals surface area contributed by atoms with E-state index in [1.165, 1.54) is 7.11 Å². The van der Waals surface area contributed by atoms with Gasteiger partial charge in [-0.3, -0.25) is 4.79 Å². The second kappa shape index (κ2) is 6.25. The molecule has 4 aromatic rings. The van der Waals surface area contributed by atoms with Gasteiger partial charge in [0.2, 0.25) is 0 Å². The molecule has 7 heteroatoms. The van der Waals surface area contributed by atoms with Gasteiger partial charge in [-0.2, -0.15) is 0 Å². The Hall–Kier alpha value is -3.22. The Morgan fingerprint density at radius 1 is 1.27 bits per heavy atom. The molecule has 0 saturated carbocycles. The first-order chi connectivity index (χ1) is 12.6. The fraction of sp³-hybridized carbons (Fsp3) is 0.263. The molecular weight excluding hydrogens is 330 g/mol. The van der Waals surface area contributed by atoms with Gasteiger partial charge in [0.15, 0.2) is 0 Å². The summed E-state index contributed by atoms with van der Waals surface area (Å²) in [4.78, 5) is 16.4. The van der Waals surface area contributed by atoms with Crippen molar-refractivity contribution in [2.45, 2.75) is 19.9 Å². The molecule has 0 saturated heterocycles. The first kappa shape index (κ1) is 16.3. The van der Waals surface area contributed by atoms with Crippen molar-refractivity contribution in [3.63, 3.8) is 0 Å². The number of aromatic nitrogens is 5. The van der Waals surface area contributed by atoms with Crippen molar-refractivity contribution in [1.29, 1.82) is 0 Å². The van der Waals surface area contributed by atoms with Gasteiger partial charge < -0.3 is 9.30 Å². The van der Waals surface area contributed by atoms with E-state index in [1.54, 1.807) is 10.9 Å². The van der Waals surface area contributed by atoms with Gasteiger partial charge in [0.05, 0.1) is 19.0 Å². The number of benzene rings is 1. The van der Waals surface area contributed by atoms with E-state index < -0.39 is 0 Å². The molecule has 0 spiro atoms. The Kier molecular flexibility index (Phi) is 3.91. The SMILES string of the molecule is COC(=O)Cc1c(C)n(Cc2ccc3nnn(C)c3c2)c2ncccc12. The number of rotatable bonds is 4. The number of hydrogen-bond donors (Lipinski definition) is 0. The third-order valence-electron chi connectivity index (χ3n) is 4.77. The number of carbonyl (C=O) groups is 1. The molecule has 26 heavy (non-hydrogen) atoms. The average Bonchev–Trinajstić information content (AvgIpc) is 3.15. The molecule has 7 nitrogen and oxygen atoms in total. The molecule has 0 aliphatic heterocycles. The quantitative estimate of drug-likeness (QED) is 0.529. The Balaban J connectivity index is 1.81. The van der Waals surface area contributed by atoms with Crippen molar-refractivity contribution < 1.29 is 9.53 Å². The van der Waals surface area contributed by atoms with Gasteiger partial charge in [-0.05, 0) is 42.3 Å². The summed E-state index contributed by atoms with van der Waals surface area (Å²) in [6.45, 7) is 2.67. The van der Waals surface area contributed by atoms with Crippen LogP contribution in [0.15, 0.2) is 36.5 Å². The summed E-state index contributed by atoms with van der Waals surface area (Å²) in [6.07, 6.45) is 2.01. The van der Waals surface area contributed by atoms with Crippen LogP contribution in [0.4, 0.5) is 0 Å². The average molecular weight is 349 g/mol. The summed E-state index contributed by atoms with van der Waals surface area (Å²) in [5.74, 6) is -0.251. The molecule has 0 aliphatic rings. The first-order valence-corrected chi connectivity index (χ1v) is 8.36. The van der Waals surface area contributed by atoms with Gasteiger partial charge in [-0.1, -0.05) is 11.3 Å². The molecule has 0 bridgehead atoms. The second-order valence-corrected chi connectivity index (χ2v) is 6.31. The maximum Gasteiger partial charge on any atom is 0.310 e. The highest BCUT2D eigenvalue weighted by molar-refractivity contribution is 5.87.